The van der Waals surface area contributed by atoms with Crippen LogP contribution in [-0.2, 0) is 9.59 Å². The third-order valence-corrected chi connectivity index (χ3v) is 9.18. The SMILES string of the molecule is CC(=O)N1CCN(C(C)(C)/C=C(\C#N)C(=O)N2CCC[C@@H](c3nc(-c4ccc(Oc5ccccc5)cc4)c4c(N)nccn34)C2)CC1. The van der Waals surface area contributed by atoms with Crippen molar-refractivity contribution in [3.8, 4) is 28.8 Å². The average Bonchev–Trinajstić information content (AvgIpc) is 3.49. The Labute approximate surface area is 274 Å². The molecule has 242 valence electrons. The van der Waals surface area contributed by atoms with Gasteiger partial charge in [0, 0.05) is 75.6 Å². The number of nitrogen functional groups attached to an aromatic ring is 1. The van der Waals surface area contributed by atoms with Gasteiger partial charge in [0.15, 0.2) is 0 Å². The number of carbonyl (C=O) groups excluding carboxylic acids is 2. The minimum Gasteiger partial charge on any atom is -0.457 e. The number of anilines is 1. The van der Waals surface area contributed by atoms with E-state index in [1.807, 2.05) is 83.9 Å². The second-order valence-corrected chi connectivity index (χ2v) is 12.7. The Morgan fingerprint density at radius 3 is 2.38 bits per heavy atom. The highest BCUT2D eigenvalue weighted by Gasteiger charge is 2.34. The molecular weight excluding hydrogens is 592 g/mol. The zero-order valence-corrected chi connectivity index (χ0v) is 27.1. The summed E-state index contributed by atoms with van der Waals surface area (Å²) in [6, 6.07) is 19.5. The summed E-state index contributed by atoms with van der Waals surface area (Å²) in [5, 5.41) is 10.1. The predicted octanol–water partition coefficient (Wildman–Crippen LogP) is 4.87. The van der Waals surface area contributed by atoms with Crippen molar-refractivity contribution in [2.24, 2.45) is 0 Å². The van der Waals surface area contributed by atoms with E-state index in [9.17, 15) is 14.9 Å². The van der Waals surface area contributed by atoms with E-state index >= 15 is 0 Å². The van der Waals surface area contributed by atoms with Crippen LogP contribution in [0.2, 0.25) is 0 Å². The summed E-state index contributed by atoms with van der Waals surface area (Å²) < 4.78 is 7.96. The van der Waals surface area contributed by atoms with Crippen molar-refractivity contribution in [2.75, 3.05) is 45.0 Å². The van der Waals surface area contributed by atoms with Gasteiger partial charge in [0.25, 0.3) is 5.91 Å². The largest absolute Gasteiger partial charge is 0.457 e. The number of rotatable bonds is 7. The lowest BCUT2D eigenvalue weighted by molar-refractivity contribution is -0.131. The highest BCUT2D eigenvalue weighted by Crippen LogP contribution is 2.35. The summed E-state index contributed by atoms with van der Waals surface area (Å²) in [7, 11) is 0. The number of nitrogens with zero attached hydrogens (tertiary/aromatic N) is 7. The number of benzene rings is 2. The molecule has 2 aromatic heterocycles. The van der Waals surface area contributed by atoms with Gasteiger partial charge in [-0.3, -0.25) is 18.9 Å². The third kappa shape index (κ3) is 6.69. The van der Waals surface area contributed by atoms with Crippen LogP contribution in [0.4, 0.5) is 5.82 Å². The van der Waals surface area contributed by atoms with Crippen LogP contribution in [0.25, 0.3) is 16.8 Å². The minimum atomic E-state index is -0.529. The molecule has 0 spiro atoms. The van der Waals surface area contributed by atoms with Gasteiger partial charge in [0.05, 0.1) is 0 Å². The number of amides is 2. The van der Waals surface area contributed by atoms with Crippen LogP contribution in [0.1, 0.15) is 45.4 Å². The lowest BCUT2D eigenvalue weighted by atomic mass is 9.94. The van der Waals surface area contributed by atoms with Crippen LogP contribution in [-0.4, -0.2) is 85.7 Å². The first-order chi connectivity index (χ1) is 22.6. The van der Waals surface area contributed by atoms with Gasteiger partial charge in [-0.25, -0.2) is 9.97 Å². The molecule has 4 aromatic rings. The van der Waals surface area contributed by atoms with Crippen molar-refractivity contribution < 1.29 is 14.3 Å². The van der Waals surface area contributed by atoms with Gasteiger partial charge in [0.2, 0.25) is 5.91 Å². The predicted molar refractivity (Wildman–Crippen MR) is 180 cm³/mol. The first-order valence-electron chi connectivity index (χ1n) is 16.0. The smallest absolute Gasteiger partial charge is 0.264 e. The Hall–Kier alpha value is -5.21. The molecular formula is C36H40N8O3. The van der Waals surface area contributed by atoms with Gasteiger partial charge in [-0.05, 0) is 69.2 Å². The number of hydrogen-bond donors (Lipinski definition) is 1. The van der Waals surface area contributed by atoms with E-state index < -0.39 is 5.54 Å². The van der Waals surface area contributed by atoms with Gasteiger partial charge in [0.1, 0.15) is 46.0 Å². The van der Waals surface area contributed by atoms with Crippen molar-refractivity contribution in [1.82, 2.24) is 29.1 Å². The molecule has 6 rings (SSSR count). The molecule has 2 aromatic carbocycles. The lowest BCUT2D eigenvalue weighted by Crippen LogP contribution is -2.55. The highest BCUT2D eigenvalue weighted by molar-refractivity contribution is 5.97. The number of fused-ring (bicyclic) bond motifs is 1. The fourth-order valence-corrected chi connectivity index (χ4v) is 6.61. The maximum atomic E-state index is 13.8. The summed E-state index contributed by atoms with van der Waals surface area (Å²) in [6.45, 7) is 9.21. The van der Waals surface area contributed by atoms with E-state index in [1.54, 1.807) is 24.1 Å². The fourth-order valence-electron chi connectivity index (χ4n) is 6.61. The van der Waals surface area contributed by atoms with Gasteiger partial charge in [-0.2, -0.15) is 5.26 Å². The molecule has 0 bridgehead atoms. The number of nitrogens with two attached hydrogens (primary N) is 1. The van der Waals surface area contributed by atoms with E-state index in [2.05, 4.69) is 16.0 Å². The molecule has 0 aliphatic carbocycles. The van der Waals surface area contributed by atoms with E-state index in [-0.39, 0.29) is 23.3 Å². The number of likely N-dealkylation sites (tertiary alicyclic amines) is 1. The molecule has 2 fully saturated rings. The fraction of sp³-hybridized carbons (Fsp3) is 0.361. The van der Waals surface area contributed by atoms with Gasteiger partial charge < -0.3 is 20.3 Å². The quantitative estimate of drug-likeness (QED) is 0.225. The van der Waals surface area contributed by atoms with Crippen LogP contribution >= 0.6 is 0 Å². The molecule has 4 heterocycles. The molecule has 1 atom stereocenters. The molecule has 2 saturated heterocycles. The van der Waals surface area contributed by atoms with Crippen LogP contribution in [0.15, 0.2) is 78.6 Å². The first-order valence-corrected chi connectivity index (χ1v) is 16.0. The standard InChI is InChI=1S/C36H40N8O3/c1-25(45)41-18-20-43(21-19-41)36(2,3)22-28(23-37)35(46)42-16-7-8-27(24-42)34-40-31(32-33(38)39-15-17-44(32)34)26-11-13-30(14-12-26)47-29-9-5-4-6-10-29/h4-6,9-15,17,22,27H,7-8,16,18-21,24H2,1-3H3,(H2,38,39)/b28-22+/t27-/m1/s1. The van der Waals surface area contributed by atoms with Crippen LogP contribution in [0.3, 0.4) is 0 Å². The lowest BCUT2D eigenvalue weighted by Gasteiger charge is -2.42. The zero-order valence-electron chi connectivity index (χ0n) is 27.1. The molecule has 0 unspecified atom stereocenters. The number of piperazine rings is 1. The summed E-state index contributed by atoms with van der Waals surface area (Å²) in [6.07, 6.45) is 6.92. The maximum absolute atomic E-state index is 13.8. The zero-order chi connectivity index (χ0) is 33.1. The molecule has 11 heteroatoms. The van der Waals surface area contributed by atoms with Crippen molar-refractivity contribution in [1.29, 1.82) is 5.26 Å². The number of para-hydroxylation sites is 1. The minimum absolute atomic E-state index is 0.0632. The number of nitriles is 1. The number of hydrogen-bond acceptors (Lipinski definition) is 8. The molecule has 2 amide bonds. The number of piperidine rings is 1. The second-order valence-electron chi connectivity index (χ2n) is 12.7. The second kappa shape index (κ2) is 13.3. The van der Waals surface area contributed by atoms with Gasteiger partial charge in [-0.15, -0.1) is 0 Å². The van der Waals surface area contributed by atoms with Gasteiger partial charge in [-0.1, -0.05) is 18.2 Å². The molecule has 0 radical (unpaired) electrons. The Balaban J connectivity index is 1.23. The summed E-state index contributed by atoms with van der Waals surface area (Å²) >= 11 is 0. The Kier molecular flexibility index (Phi) is 8.96. The van der Waals surface area contributed by atoms with Crippen LogP contribution in [0, 0.1) is 11.3 Å². The van der Waals surface area contributed by atoms with E-state index in [0.717, 1.165) is 30.0 Å². The topological polar surface area (TPSA) is 133 Å². The molecule has 11 nitrogen and oxygen atoms in total. The normalized spacial score (nSPS) is 17.8. The summed E-state index contributed by atoms with van der Waals surface area (Å²) in [5.74, 6) is 2.36. The molecule has 2 aliphatic rings. The Bertz CT molecular complexity index is 1830. The highest BCUT2D eigenvalue weighted by atomic mass is 16.5. The summed E-state index contributed by atoms with van der Waals surface area (Å²) in [4.78, 5) is 40.9. The van der Waals surface area contributed by atoms with Crippen LogP contribution < -0.4 is 10.5 Å². The molecule has 0 saturated carbocycles. The molecule has 2 N–H and O–H groups in total. The number of ether oxygens (including phenoxy) is 1. The van der Waals surface area contributed by atoms with E-state index in [1.165, 1.54) is 0 Å². The van der Waals surface area contributed by atoms with E-state index in [0.29, 0.717) is 62.0 Å². The monoisotopic (exact) mass is 632 g/mol. The van der Waals surface area contributed by atoms with Gasteiger partial charge >= 0.3 is 0 Å². The summed E-state index contributed by atoms with van der Waals surface area (Å²) in [5.41, 5.74) is 8.32. The van der Waals surface area contributed by atoms with Crippen molar-refractivity contribution in [3.63, 3.8) is 0 Å². The Morgan fingerprint density at radius 1 is 1.00 bits per heavy atom. The van der Waals surface area contributed by atoms with Crippen molar-refractivity contribution >= 4 is 23.1 Å². The Morgan fingerprint density at radius 2 is 1.70 bits per heavy atom. The molecule has 47 heavy (non-hydrogen) atoms. The van der Waals surface area contributed by atoms with Crippen molar-refractivity contribution in [2.45, 2.75) is 45.1 Å². The average molecular weight is 633 g/mol. The molecule has 2 aliphatic heterocycles. The van der Waals surface area contributed by atoms with E-state index in [4.69, 9.17) is 15.5 Å². The third-order valence-electron chi connectivity index (χ3n) is 9.18. The van der Waals surface area contributed by atoms with Crippen LogP contribution in [0.5, 0.6) is 11.5 Å². The maximum Gasteiger partial charge on any atom is 0.264 e. The first kappa shape index (κ1) is 31.8. The number of imidazole rings is 1. The van der Waals surface area contributed by atoms with Crippen molar-refractivity contribution in [3.05, 3.63) is 84.5 Å². The number of aromatic nitrogens is 3. The number of carbonyl (C=O) groups is 2.